The smallest absolute Gasteiger partial charge is 0.321 e. The van der Waals surface area contributed by atoms with Crippen LogP contribution in [-0.4, -0.2) is 33.3 Å². The highest BCUT2D eigenvalue weighted by atomic mass is 32.2. The molecule has 0 aliphatic carbocycles. The van der Waals surface area contributed by atoms with E-state index in [0.717, 1.165) is 4.57 Å². The average Bonchev–Trinajstić information content (AvgIpc) is 3.02. The van der Waals surface area contributed by atoms with E-state index >= 15 is 0 Å². The van der Waals surface area contributed by atoms with Crippen molar-refractivity contribution in [3.8, 4) is 11.5 Å². The van der Waals surface area contributed by atoms with E-state index in [9.17, 15) is 39.6 Å². The number of aryl methyl sites for hydroxylation is 1. The summed E-state index contributed by atoms with van der Waals surface area (Å²) >= 11 is 0. The fraction of sp³-hybridized carbons (Fsp3) is 0.389. The number of hydrogen-bond donors (Lipinski definition) is 0. The predicted molar refractivity (Wildman–Crippen MR) is 102 cm³/mol. The van der Waals surface area contributed by atoms with E-state index in [0.29, 0.717) is 22.9 Å². The van der Waals surface area contributed by atoms with Crippen molar-refractivity contribution in [2.24, 2.45) is 7.05 Å². The van der Waals surface area contributed by atoms with Gasteiger partial charge in [-0.05, 0) is 19.1 Å². The fourth-order valence-corrected chi connectivity index (χ4v) is 4.29. The largest absolute Gasteiger partial charge is 0.431 e. The van der Waals surface area contributed by atoms with E-state index in [4.69, 9.17) is 0 Å². The van der Waals surface area contributed by atoms with E-state index in [1.54, 1.807) is 0 Å². The number of pyridine rings is 2. The summed E-state index contributed by atoms with van der Waals surface area (Å²) in [6.45, 7) is 2.24. The summed E-state index contributed by atoms with van der Waals surface area (Å²) in [7, 11) is -3.01. The van der Waals surface area contributed by atoms with E-state index in [2.05, 4.69) is 9.97 Å². The summed E-state index contributed by atoms with van der Waals surface area (Å²) in [6.07, 6.45) is -9.36. The van der Waals surface area contributed by atoms with Crippen LogP contribution in [0.25, 0.3) is 22.6 Å². The lowest BCUT2D eigenvalue weighted by Gasteiger charge is -2.14. The Morgan fingerprint density at radius 3 is 2.16 bits per heavy atom. The van der Waals surface area contributed by atoms with Gasteiger partial charge < -0.3 is 9.13 Å². The highest BCUT2D eigenvalue weighted by molar-refractivity contribution is 7.91. The summed E-state index contributed by atoms with van der Waals surface area (Å²) in [5.41, 5.74) is -4.80. The first-order chi connectivity index (χ1) is 14.6. The Kier molecular flexibility index (Phi) is 5.64. The van der Waals surface area contributed by atoms with Crippen LogP contribution in [-0.2, 0) is 35.8 Å². The van der Waals surface area contributed by atoms with Crippen LogP contribution < -0.4 is 5.56 Å². The van der Waals surface area contributed by atoms with Crippen LogP contribution in [0, 0.1) is 0 Å². The molecule has 3 heterocycles. The van der Waals surface area contributed by atoms with Crippen molar-refractivity contribution in [3.05, 3.63) is 39.9 Å². The maximum Gasteiger partial charge on any atom is 0.431 e. The summed E-state index contributed by atoms with van der Waals surface area (Å²) in [6, 6.07) is 1.02. The first-order valence-electron chi connectivity index (χ1n) is 9.11. The number of imidazole rings is 1. The third-order valence-corrected chi connectivity index (χ3v) is 6.59. The van der Waals surface area contributed by atoms with Crippen LogP contribution in [0.3, 0.4) is 0 Å². The Labute approximate surface area is 177 Å². The molecule has 0 aromatic carbocycles. The van der Waals surface area contributed by atoms with Gasteiger partial charge >= 0.3 is 12.4 Å². The van der Waals surface area contributed by atoms with Crippen molar-refractivity contribution in [1.29, 1.82) is 0 Å². The van der Waals surface area contributed by atoms with Gasteiger partial charge in [-0.1, -0.05) is 6.92 Å². The maximum atomic E-state index is 13.4. The van der Waals surface area contributed by atoms with Crippen molar-refractivity contribution in [1.82, 2.24) is 19.1 Å². The third-order valence-electron chi connectivity index (χ3n) is 4.85. The van der Waals surface area contributed by atoms with Crippen LogP contribution in [0.5, 0.6) is 0 Å². The van der Waals surface area contributed by atoms with Gasteiger partial charge in [0.25, 0.3) is 5.56 Å². The highest BCUT2D eigenvalue weighted by Gasteiger charge is 2.37. The molecule has 3 aromatic rings. The first kappa shape index (κ1) is 23.8. The molecule has 3 aromatic heterocycles. The van der Waals surface area contributed by atoms with Gasteiger partial charge in [0.1, 0.15) is 16.9 Å². The van der Waals surface area contributed by atoms with Gasteiger partial charge in [-0.3, -0.25) is 9.78 Å². The molecule has 14 heteroatoms. The minimum Gasteiger partial charge on any atom is -0.321 e. The number of sulfone groups is 1. The van der Waals surface area contributed by atoms with Crippen LogP contribution in [0.15, 0.2) is 28.0 Å². The van der Waals surface area contributed by atoms with E-state index in [-0.39, 0.29) is 17.9 Å². The molecule has 0 bridgehead atoms. The lowest BCUT2D eigenvalue weighted by Crippen LogP contribution is -2.28. The van der Waals surface area contributed by atoms with E-state index in [1.165, 1.54) is 20.9 Å². The number of halogens is 6. The third kappa shape index (κ3) is 3.87. The van der Waals surface area contributed by atoms with Crippen molar-refractivity contribution < 1.29 is 34.8 Å². The molecule has 0 spiro atoms. The fourth-order valence-electron chi connectivity index (χ4n) is 3.24. The summed E-state index contributed by atoms with van der Waals surface area (Å²) < 4.78 is 106. The minimum absolute atomic E-state index is 0.281. The molecule has 0 N–H and O–H groups in total. The minimum atomic E-state index is -4.88. The first-order valence-corrected chi connectivity index (χ1v) is 10.8. The molecule has 0 saturated heterocycles. The van der Waals surface area contributed by atoms with Gasteiger partial charge in [-0.15, -0.1) is 0 Å². The number of hydrogen-bond acceptors (Lipinski definition) is 5. The number of rotatable bonds is 4. The van der Waals surface area contributed by atoms with Gasteiger partial charge in [-0.25, -0.2) is 13.4 Å². The summed E-state index contributed by atoms with van der Waals surface area (Å²) in [5, 5.41) is 0. The molecule has 0 unspecified atom stereocenters. The zero-order valence-electron chi connectivity index (χ0n) is 16.8. The SMILES string of the molecule is CCn1c(C(F)(F)F)cc2nc(-c3ncc(C(F)(F)F)cc3S(=O)(=O)CC)n(C)c2c1=O. The van der Waals surface area contributed by atoms with Crippen molar-refractivity contribution in [2.75, 3.05) is 5.75 Å². The van der Waals surface area contributed by atoms with Gasteiger partial charge in [0.15, 0.2) is 15.7 Å². The molecule has 0 fully saturated rings. The van der Waals surface area contributed by atoms with Gasteiger partial charge in [0.2, 0.25) is 0 Å². The van der Waals surface area contributed by atoms with Crippen molar-refractivity contribution in [2.45, 2.75) is 37.6 Å². The zero-order valence-corrected chi connectivity index (χ0v) is 17.7. The van der Waals surface area contributed by atoms with Crippen LogP contribution in [0.1, 0.15) is 25.1 Å². The summed E-state index contributed by atoms with van der Waals surface area (Å²) in [5.74, 6) is -0.923. The Balaban J connectivity index is 2.42. The quantitative estimate of drug-likeness (QED) is 0.530. The Morgan fingerprint density at radius 1 is 1.03 bits per heavy atom. The molecule has 0 saturated carbocycles. The predicted octanol–water partition coefficient (Wildman–Crippen LogP) is 3.65. The van der Waals surface area contributed by atoms with Crippen molar-refractivity contribution in [3.63, 3.8) is 0 Å². The zero-order chi connectivity index (χ0) is 24.2. The lowest BCUT2D eigenvalue weighted by atomic mass is 10.2. The number of fused-ring (bicyclic) bond motifs is 1. The second kappa shape index (κ2) is 7.60. The number of nitrogens with zero attached hydrogens (tertiary/aromatic N) is 4. The lowest BCUT2D eigenvalue weighted by molar-refractivity contribution is -0.144. The molecule has 0 atom stereocenters. The molecule has 0 aliphatic heterocycles. The molecule has 0 radical (unpaired) electrons. The molecule has 0 amide bonds. The second-order valence-corrected chi connectivity index (χ2v) is 9.02. The van der Waals surface area contributed by atoms with Crippen molar-refractivity contribution >= 4 is 20.9 Å². The average molecular weight is 482 g/mol. The molecular weight excluding hydrogens is 466 g/mol. The monoisotopic (exact) mass is 482 g/mol. The van der Waals surface area contributed by atoms with E-state index in [1.807, 2.05) is 0 Å². The molecule has 3 rings (SSSR count). The molecule has 32 heavy (non-hydrogen) atoms. The van der Waals surface area contributed by atoms with Crippen LogP contribution >= 0.6 is 0 Å². The molecular formula is C18H16F6N4O3S. The van der Waals surface area contributed by atoms with Gasteiger partial charge in [0.05, 0.1) is 21.7 Å². The van der Waals surface area contributed by atoms with E-state index < -0.39 is 60.9 Å². The highest BCUT2D eigenvalue weighted by Crippen LogP contribution is 2.35. The number of alkyl halides is 6. The molecule has 0 aliphatic rings. The van der Waals surface area contributed by atoms with Gasteiger partial charge in [0, 0.05) is 19.8 Å². The molecule has 7 nitrogen and oxygen atoms in total. The number of aromatic nitrogens is 4. The normalized spacial score (nSPS) is 13.2. The second-order valence-electron chi connectivity index (χ2n) is 6.78. The Bertz CT molecular complexity index is 1370. The Morgan fingerprint density at radius 2 is 1.66 bits per heavy atom. The topological polar surface area (TPSA) is 86.8 Å². The van der Waals surface area contributed by atoms with Crippen LogP contribution in [0.4, 0.5) is 26.3 Å². The molecule has 174 valence electrons. The van der Waals surface area contributed by atoms with Gasteiger partial charge in [-0.2, -0.15) is 26.3 Å². The maximum absolute atomic E-state index is 13.4. The standard InChI is InChI=1S/C18H16F6N4O3S/c1-4-28-12(18(22,23)24)7-10-14(16(28)29)27(3)15(26-10)13-11(32(30,31)5-2)6-9(8-25-13)17(19,20)21/h6-8H,4-5H2,1-3H3. The van der Waals surface area contributed by atoms with Crippen LogP contribution in [0.2, 0.25) is 0 Å². The Hall–Kier alpha value is -2.90. The summed E-state index contributed by atoms with van der Waals surface area (Å²) in [4.78, 5) is 19.5.